The van der Waals surface area contributed by atoms with Gasteiger partial charge in [0.1, 0.15) is 5.75 Å². The smallest absolute Gasteiger partial charge is 0.231 e. The van der Waals surface area contributed by atoms with E-state index in [0.717, 1.165) is 0 Å². The first-order chi connectivity index (χ1) is 8.71. The van der Waals surface area contributed by atoms with E-state index >= 15 is 0 Å². The fourth-order valence-corrected chi connectivity index (χ4v) is 2.49. The molecule has 19 heavy (non-hydrogen) atoms. The van der Waals surface area contributed by atoms with Gasteiger partial charge in [-0.1, -0.05) is 0 Å². The Bertz CT molecular complexity index is 610. The van der Waals surface area contributed by atoms with Crippen LogP contribution in [0.1, 0.15) is 31.1 Å². The Balaban J connectivity index is 2.22. The minimum Gasteiger partial charge on any atom is -0.454 e. The molecule has 6 heteroatoms. The molecule has 1 aromatic carbocycles. The second kappa shape index (κ2) is 4.52. The number of carbonyl (C=O) groups excluding carboxylic acids is 1. The molecule has 1 heterocycles. The van der Waals surface area contributed by atoms with Crippen molar-refractivity contribution in [3.8, 4) is 11.5 Å². The lowest BCUT2D eigenvalue weighted by Crippen LogP contribution is -2.33. The number of carbonyl (C=O) groups is 1. The molecule has 5 nitrogen and oxygen atoms in total. The van der Waals surface area contributed by atoms with Crippen molar-refractivity contribution in [3.05, 3.63) is 23.8 Å². The molecule has 0 aliphatic carbocycles. The Morgan fingerprint density at radius 2 is 1.84 bits per heavy atom. The molecule has 0 N–H and O–H groups in total. The predicted molar refractivity (Wildman–Crippen MR) is 70.4 cm³/mol. The summed E-state index contributed by atoms with van der Waals surface area (Å²) in [5.74, 6) is 0.0957. The molecule has 0 aromatic heterocycles. The molecule has 1 aliphatic heterocycles. The molecule has 1 aromatic rings. The normalized spacial score (nSPS) is 14.5. The standard InChI is InChI=1S/C13H16O5S/c1-13(2,3)19(15,16)7-10(14)9-4-5-11-12(6-9)18-8-17-11/h4-6H,7-8H2,1-3H3. The highest BCUT2D eigenvalue weighted by Crippen LogP contribution is 2.32. The average Bonchev–Trinajstić information content (AvgIpc) is 2.73. The maximum absolute atomic E-state index is 12.0. The van der Waals surface area contributed by atoms with Crippen molar-refractivity contribution in [1.82, 2.24) is 0 Å². The van der Waals surface area contributed by atoms with Gasteiger partial charge in [0.15, 0.2) is 27.1 Å². The van der Waals surface area contributed by atoms with E-state index in [4.69, 9.17) is 9.47 Å². The van der Waals surface area contributed by atoms with Gasteiger partial charge < -0.3 is 9.47 Å². The topological polar surface area (TPSA) is 69.7 Å². The van der Waals surface area contributed by atoms with Gasteiger partial charge in [-0.15, -0.1) is 0 Å². The molecule has 104 valence electrons. The van der Waals surface area contributed by atoms with Crippen molar-refractivity contribution in [3.63, 3.8) is 0 Å². The van der Waals surface area contributed by atoms with Crippen molar-refractivity contribution in [2.24, 2.45) is 0 Å². The molecule has 1 aliphatic rings. The fraction of sp³-hybridized carbons (Fsp3) is 0.462. The van der Waals surface area contributed by atoms with E-state index in [-0.39, 0.29) is 6.79 Å². The molecule has 0 unspecified atom stereocenters. The highest BCUT2D eigenvalue weighted by Gasteiger charge is 2.31. The van der Waals surface area contributed by atoms with Gasteiger partial charge in [-0.05, 0) is 39.0 Å². The summed E-state index contributed by atoms with van der Waals surface area (Å²) in [6, 6.07) is 4.68. The van der Waals surface area contributed by atoms with Crippen LogP contribution in [0.3, 0.4) is 0 Å². The third-order valence-corrected chi connectivity index (χ3v) is 5.46. The van der Waals surface area contributed by atoms with E-state index in [1.807, 2.05) is 0 Å². The van der Waals surface area contributed by atoms with Crippen molar-refractivity contribution < 1.29 is 22.7 Å². The molecule has 0 bridgehead atoms. The molecule has 0 spiro atoms. The number of rotatable bonds is 3. The first-order valence-electron chi connectivity index (χ1n) is 5.86. The van der Waals surface area contributed by atoms with E-state index in [0.29, 0.717) is 17.1 Å². The Morgan fingerprint density at radius 1 is 1.21 bits per heavy atom. The summed E-state index contributed by atoms with van der Waals surface area (Å²) in [6.07, 6.45) is 0. The van der Waals surface area contributed by atoms with Gasteiger partial charge in [0.25, 0.3) is 0 Å². The average molecular weight is 284 g/mol. The zero-order valence-corrected chi connectivity index (χ0v) is 11.9. The van der Waals surface area contributed by atoms with Gasteiger partial charge in [0, 0.05) is 5.56 Å². The highest BCUT2D eigenvalue weighted by atomic mass is 32.2. The van der Waals surface area contributed by atoms with Crippen LogP contribution >= 0.6 is 0 Å². The lowest BCUT2D eigenvalue weighted by atomic mass is 10.1. The second-order valence-corrected chi connectivity index (χ2v) is 8.11. The number of sulfone groups is 1. The van der Waals surface area contributed by atoms with Gasteiger partial charge in [-0.2, -0.15) is 0 Å². The van der Waals surface area contributed by atoms with Gasteiger partial charge in [-0.25, -0.2) is 8.42 Å². The van der Waals surface area contributed by atoms with Gasteiger partial charge >= 0.3 is 0 Å². The first-order valence-corrected chi connectivity index (χ1v) is 7.51. The molecule has 0 saturated carbocycles. The maximum Gasteiger partial charge on any atom is 0.231 e. The summed E-state index contributed by atoms with van der Waals surface area (Å²) in [5, 5.41) is 0. The number of fused-ring (bicyclic) bond motifs is 1. The largest absolute Gasteiger partial charge is 0.454 e. The minimum absolute atomic E-state index is 0.118. The van der Waals surface area contributed by atoms with E-state index in [1.54, 1.807) is 32.9 Å². The monoisotopic (exact) mass is 284 g/mol. The second-order valence-electron chi connectivity index (χ2n) is 5.36. The van der Waals surface area contributed by atoms with Crippen LogP contribution in [-0.4, -0.2) is 31.5 Å². The number of Topliss-reactive ketones (excluding diaryl/α,β-unsaturated/α-hetero) is 1. The zero-order chi connectivity index (χ0) is 14.3. The number of ketones is 1. The number of hydrogen-bond acceptors (Lipinski definition) is 5. The molecule has 0 fully saturated rings. The van der Waals surface area contributed by atoms with E-state index < -0.39 is 26.1 Å². The summed E-state index contributed by atoms with van der Waals surface area (Å²) >= 11 is 0. The van der Waals surface area contributed by atoms with Gasteiger partial charge in [0.05, 0.1) is 4.75 Å². The Labute approximate surface area is 112 Å². The zero-order valence-electron chi connectivity index (χ0n) is 11.1. The quantitative estimate of drug-likeness (QED) is 0.792. The van der Waals surface area contributed by atoms with Crippen LogP contribution in [0.2, 0.25) is 0 Å². The summed E-state index contributed by atoms with van der Waals surface area (Å²) in [4.78, 5) is 12.0. The molecular formula is C13H16O5S. The molecule has 0 atom stereocenters. The first kappa shape index (κ1) is 13.9. The van der Waals surface area contributed by atoms with E-state index in [9.17, 15) is 13.2 Å². The van der Waals surface area contributed by atoms with E-state index in [1.165, 1.54) is 6.07 Å². The maximum atomic E-state index is 12.0. The van der Waals surface area contributed by atoms with Gasteiger partial charge in [-0.3, -0.25) is 4.79 Å². The lowest BCUT2D eigenvalue weighted by Gasteiger charge is -2.18. The van der Waals surface area contributed by atoms with Crippen molar-refractivity contribution in [2.45, 2.75) is 25.5 Å². The molecule has 0 radical (unpaired) electrons. The van der Waals surface area contributed by atoms with Crippen molar-refractivity contribution in [1.29, 1.82) is 0 Å². The van der Waals surface area contributed by atoms with E-state index in [2.05, 4.69) is 0 Å². The molecule has 0 amide bonds. The Kier molecular flexibility index (Phi) is 3.30. The van der Waals surface area contributed by atoms with Gasteiger partial charge in [0.2, 0.25) is 6.79 Å². The summed E-state index contributed by atoms with van der Waals surface area (Å²) in [5.41, 5.74) is 0.317. The summed E-state index contributed by atoms with van der Waals surface area (Å²) < 4.78 is 33.3. The van der Waals surface area contributed by atoms with Crippen LogP contribution in [0.15, 0.2) is 18.2 Å². The molecule has 0 saturated heterocycles. The lowest BCUT2D eigenvalue weighted by molar-refractivity contribution is 0.102. The number of ether oxygens (including phenoxy) is 2. The summed E-state index contributed by atoms with van der Waals surface area (Å²) in [6.45, 7) is 4.85. The summed E-state index contributed by atoms with van der Waals surface area (Å²) in [7, 11) is -3.48. The molecular weight excluding hydrogens is 268 g/mol. The van der Waals surface area contributed by atoms with Crippen LogP contribution in [0.25, 0.3) is 0 Å². The third-order valence-electron chi connectivity index (χ3n) is 2.95. The minimum atomic E-state index is -3.48. The third kappa shape index (κ3) is 2.73. The van der Waals surface area contributed by atoms with Crippen LogP contribution in [-0.2, 0) is 9.84 Å². The number of hydrogen-bond donors (Lipinski definition) is 0. The van der Waals surface area contributed by atoms with Crippen molar-refractivity contribution >= 4 is 15.6 Å². The van der Waals surface area contributed by atoms with Crippen LogP contribution in [0.5, 0.6) is 11.5 Å². The fourth-order valence-electron chi connectivity index (χ4n) is 1.54. The van der Waals surface area contributed by atoms with Crippen LogP contribution in [0.4, 0.5) is 0 Å². The van der Waals surface area contributed by atoms with Crippen LogP contribution in [0, 0.1) is 0 Å². The van der Waals surface area contributed by atoms with Crippen LogP contribution < -0.4 is 9.47 Å². The predicted octanol–water partition coefficient (Wildman–Crippen LogP) is 1.81. The Morgan fingerprint density at radius 3 is 2.47 bits per heavy atom. The van der Waals surface area contributed by atoms with Crippen molar-refractivity contribution in [2.75, 3.05) is 12.5 Å². The number of benzene rings is 1. The Hall–Kier alpha value is -1.56. The SMILES string of the molecule is CC(C)(C)S(=O)(=O)CC(=O)c1ccc2c(c1)OCO2. The molecule has 2 rings (SSSR count). The highest BCUT2D eigenvalue weighted by molar-refractivity contribution is 7.93.